The van der Waals surface area contributed by atoms with Crippen LogP contribution in [0.1, 0.15) is 12.8 Å². The zero-order valence-electron chi connectivity index (χ0n) is 11.8. The van der Waals surface area contributed by atoms with Gasteiger partial charge in [-0.2, -0.15) is 0 Å². The Morgan fingerprint density at radius 1 is 1.48 bits per heavy atom. The molecule has 1 aromatic rings. The number of aromatic nitrogens is 1. The van der Waals surface area contributed by atoms with Gasteiger partial charge in [-0.1, -0.05) is 11.6 Å². The number of halogens is 3. The highest BCUT2D eigenvalue weighted by Gasteiger charge is 2.20. The zero-order valence-corrected chi connectivity index (χ0v) is 14.2. The molecule has 1 aliphatic rings. The highest BCUT2D eigenvalue weighted by Crippen LogP contribution is 2.11. The summed E-state index contributed by atoms with van der Waals surface area (Å²) in [4.78, 5) is 18.1. The molecule has 2 N–H and O–H groups in total. The van der Waals surface area contributed by atoms with Crippen molar-refractivity contribution in [1.82, 2.24) is 15.2 Å². The number of piperidine rings is 1. The highest BCUT2D eigenvalue weighted by molar-refractivity contribution is 6.30. The summed E-state index contributed by atoms with van der Waals surface area (Å²) in [5, 5.41) is 6.60. The van der Waals surface area contributed by atoms with Gasteiger partial charge in [0.25, 0.3) is 0 Å². The summed E-state index contributed by atoms with van der Waals surface area (Å²) < 4.78 is 0. The van der Waals surface area contributed by atoms with Crippen LogP contribution in [0, 0.1) is 0 Å². The number of nitrogens with one attached hydrogen (secondary N) is 2. The van der Waals surface area contributed by atoms with Crippen LogP contribution in [0.5, 0.6) is 0 Å². The standard InChI is InChI=1S/C13H19ClN4O.2ClH/c1-15-11-3-2-6-18(8-11)9-13(19)17-12-5-4-10(14)7-16-12;;/h4-5,7,11,15H,2-3,6,8-9H2,1H3,(H,16,17,19);2*1H. The molecule has 0 spiro atoms. The van der Waals surface area contributed by atoms with Crippen LogP contribution in [0.15, 0.2) is 18.3 Å². The predicted molar refractivity (Wildman–Crippen MR) is 90.9 cm³/mol. The van der Waals surface area contributed by atoms with E-state index in [-0.39, 0.29) is 30.7 Å². The van der Waals surface area contributed by atoms with Gasteiger partial charge < -0.3 is 10.6 Å². The van der Waals surface area contributed by atoms with E-state index in [0.717, 1.165) is 19.5 Å². The first-order chi connectivity index (χ1) is 9.17. The summed E-state index contributed by atoms with van der Waals surface area (Å²) in [7, 11) is 1.96. The van der Waals surface area contributed by atoms with Crippen LogP contribution in [0.3, 0.4) is 0 Å². The first-order valence-electron chi connectivity index (χ1n) is 6.48. The van der Waals surface area contributed by atoms with Crippen LogP contribution >= 0.6 is 36.4 Å². The Kier molecular flexibility index (Phi) is 9.90. The molecule has 0 aromatic carbocycles. The van der Waals surface area contributed by atoms with Crippen LogP contribution in [0.4, 0.5) is 5.82 Å². The molecule has 1 aliphatic heterocycles. The Balaban J connectivity index is 0.00000200. The van der Waals surface area contributed by atoms with Crippen molar-refractivity contribution in [2.45, 2.75) is 18.9 Å². The van der Waals surface area contributed by atoms with E-state index in [0.29, 0.717) is 23.4 Å². The van der Waals surface area contributed by atoms with Gasteiger partial charge in [0.1, 0.15) is 5.82 Å². The van der Waals surface area contributed by atoms with Crippen molar-refractivity contribution < 1.29 is 4.79 Å². The predicted octanol–water partition coefficient (Wildman–Crippen LogP) is 2.20. The lowest BCUT2D eigenvalue weighted by molar-refractivity contribution is -0.117. The van der Waals surface area contributed by atoms with E-state index < -0.39 is 0 Å². The fourth-order valence-corrected chi connectivity index (χ4v) is 2.38. The lowest BCUT2D eigenvalue weighted by Gasteiger charge is -2.31. The third-order valence-corrected chi connectivity index (χ3v) is 3.50. The first kappa shape index (κ1) is 20.4. The Hall–Kier alpha value is -0.590. The van der Waals surface area contributed by atoms with Crippen LogP contribution in [0.25, 0.3) is 0 Å². The molecule has 1 amide bonds. The summed E-state index contributed by atoms with van der Waals surface area (Å²) in [5.74, 6) is 0.503. The Labute approximate surface area is 142 Å². The molecule has 2 heterocycles. The van der Waals surface area contributed by atoms with Gasteiger partial charge in [-0.05, 0) is 38.6 Å². The summed E-state index contributed by atoms with van der Waals surface area (Å²) in [6.07, 6.45) is 3.82. The van der Waals surface area contributed by atoms with Gasteiger partial charge in [-0.15, -0.1) is 24.8 Å². The molecule has 21 heavy (non-hydrogen) atoms. The second-order valence-corrected chi connectivity index (χ2v) is 5.21. The van der Waals surface area contributed by atoms with Crippen molar-refractivity contribution in [1.29, 1.82) is 0 Å². The third-order valence-electron chi connectivity index (χ3n) is 3.28. The SMILES string of the molecule is CNC1CCCN(CC(=O)Nc2ccc(Cl)cn2)C1.Cl.Cl. The van der Waals surface area contributed by atoms with E-state index in [9.17, 15) is 4.79 Å². The van der Waals surface area contributed by atoms with Gasteiger partial charge in [-0.25, -0.2) is 4.98 Å². The van der Waals surface area contributed by atoms with E-state index in [2.05, 4.69) is 20.5 Å². The number of amides is 1. The molecule has 0 aliphatic carbocycles. The van der Waals surface area contributed by atoms with E-state index in [1.807, 2.05) is 7.05 Å². The molecule has 0 saturated carbocycles. The van der Waals surface area contributed by atoms with Gasteiger partial charge in [-0.3, -0.25) is 9.69 Å². The average Bonchev–Trinajstić information content (AvgIpc) is 2.41. The van der Waals surface area contributed by atoms with Crippen LogP contribution < -0.4 is 10.6 Å². The number of rotatable bonds is 4. The van der Waals surface area contributed by atoms with Crippen LogP contribution in [-0.4, -0.2) is 48.5 Å². The molecule has 120 valence electrons. The number of anilines is 1. The third kappa shape index (κ3) is 6.80. The molecule has 0 radical (unpaired) electrons. The second-order valence-electron chi connectivity index (χ2n) is 4.77. The summed E-state index contributed by atoms with van der Waals surface area (Å²) >= 11 is 5.75. The van der Waals surface area contributed by atoms with Gasteiger partial charge >= 0.3 is 0 Å². The topological polar surface area (TPSA) is 57.3 Å². The molecule has 2 rings (SSSR count). The molecular formula is C13H21Cl3N4O. The van der Waals surface area contributed by atoms with Gasteiger partial charge in [0.05, 0.1) is 11.6 Å². The number of likely N-dealkylation sites (tertiary alicyclic amines) is 1. The number of hydrogen-bond donors (Lipinski definition) is 2. The summed E-state index contributed by atoms with van der Waals surface area (Å²) in [6, 6.07) is 3.89. The van der Waals surface area contributed by atoms with Crippen molar-refractivity contribution in [3.05, 3.63) is 23.4 Å². The smallest absolute Gasteiger partial charge is 0.239 e. The Morgan fingerprint density at radius 3 is 2.86 bits per heavy atom. The molecule has 1 unspecified atom stereocenters. The Morgan fingerprint density at radius 2 is 2.24 bits per heavy atom. The lowest BCUT2D eigenvalue weighted by atomic mass is 10.1. The summed E-state index contributed by atoms with van der Waals surface area (Å²) in [6.45, 7) is 2.29. The molecule has 1 saturated heterocycles. The van der Waals surface area contributed by atoms with E-state index in [4.69, 9.17) is 11.6 Å². The molecule has 1 fully saturated rings. The van der Waals surface area contributed by atoms with Crippen LogP contribution in [0.2, 0.25) is 5.02 Å². The maximum atomic E-state index is 11.9. The van der Waals surface area contributed by atoms with Crippen molar-refractivity contribution in [2.75, 3.05) is 32.0 Å². The molecular weight excluding hydrogens is 335 g/mol. The van der Waals surface area contributed by atoms with Crippen molar-refractivity contribution >= 4 is 48.1 Å². The normalized spacial score (nSPS) is 18.3. The van der Waals surface area contributed by atoms with E-state index in [1.54, 1.807) is 12.1 Å². The fraction of sp³-hybridized carbons (Fsp3) is 0.538. The summed E-state index contributed by atoms with van der Waals surface area (Å²) in [5.41, 5.74) is 0. The number of likely N-dealkylation sites (N-methyl/N-ethyl adjacent to an activating group) is 1. The highest BCUT2D eigenvalue weighted by atomic mass is 35.5. The first-order valence-corrected chi connectivity index (χ1v) is 6.86. The van der Waals surface area contributed by atoms with Crippen LogP contribution in [-0.2, 0) is 4.79 Å². The minimum atomic E-state index is -0.0356. The fourth-order valence-electron chi connectivity index (χ4n) is 2.27. The number of carbonyl (C=O) groups is 1. The molecule has 1 aromatic heterocycles. The molecule has 0 bridgehead atoms. The molecule has 8 heteroatoms. The number of carbonyl (C=O) groups excluding carboxylic acids is 1. The van der Waals surface area contributed by atoms with Gasteiger partial charge in [0, 0.05) is 18.8 Å². The minimum Gasteiger partial charge on any atom is -0.316 e. The lowest BCUT2D eigenvalue weighted by Crippen LogP contribution is -2.46. The zero-order chi connectivity index (χ0) is 13.7. The van der Waals surface area contributed by atoms with E-state index in [1.165, 1.54) is 12.6 Å². The van der Waals surface area contributed by atoms with Crippen molar-refractivity contribution in [2.24, 2.45) is 0 Å². The van der Waals surface area contributed by atoms with Crippen molar-refractivity contribution in [3.63, 3.8) is 0 Å². The number of hydrogen-bond acceptors (Lipinski definition) is 4. The maximum Gasteiger partial charge on any atom is 0.239 e. The minimum absolute atomic E-state index is 0. The maximum absolute atomic E-state index is 11.9. The van der Waals surface area contributed by atoms with E-state index >= 15 is 0 Å². The van der Waals surface area contributed by atoms with Crippen molar-refractivity contribution in [3.8, 4) is 0 Å². The monoisotopic (exact) mass is 354 g/mol. The second kappa shape index (κ2) is 10.2. The molecule has 5 nitrogen and oxygen atoms in total. The van der Waals surface area contributed by atoms with Gasteiger partial charge in [0.15, 0.2) is 0 Å². The number of pyridine rings is 1. The number of nitrogens with zero attached hydrogens (tertiary/aromatic N) is 2. The quantitative estimate of drug-likeness (QED) is 0.869. The van der Waals surface area contributed by atoms with Gasteiger partial charge in [0.2, 0.25) is 5.91 Å². The average molecular weight is 356 g/mol. The Bertz CT molecular complexity index is 430. The largest absolute Gasteiger partial charge is 0.316 e. The molecule has 1 atom stereocenters.